The zero-order valence-electron chi connectivity index (χ0n) is 12.3. The van der Waals surface area contributed by atoms with E-state index in [1.165, 1.54) is 12.1 Å². The van der Waals surface area contributed by atoms with Crippen LogP contribution >= 0.6 is 11.6 Å². The summed E-state index contributed by atoms with van der Waals surface area (Å²) in [6.07, 6.45) is 0. The molecule has 0 aliphatic heterocycles. The van der Waals surface area contributed by atoms with Gasteiger partial charge in [-0.15, -0.1) is 4.40 Å². The minimum Gasteiger partial charge on any atom is -0.480 e. The monoisotopic (exact) mass is 367 g/mol. The lowest BCUT2D eigenvalue weighted by Gasteiger charge is -2.11. The summed E-state index contributed by atoms with van der Waals surface area (Å²) in [6.45, 7) is -0.496. The van der Waals surface area contributed by atoms with Crippen molar-refractivity contribution in [2.45, 2.75) is 4.90 Å². The SMILES string of the molecule is O=C(O)CNC(=NS(=O)(=O)c1ccccc1)Nc1ccc(Cl)cc1. The highest BCUT2D eigenvalue weighted by atomic mass is 35.5. The van der Waals surface area contributed by atoms with Crippen LogP contribution in [0.5, 0.6) is 0 Å². The quantitative estimate of drug-likeness (QED) is 0.552. The van der Waals surface area contributed by atoms with Gasteiger partial charge in [0.1, 0.15) is 6.54 Å². The van der Waals surface area contributed by atoms with E-state index in [1.807, 2.05) is 0 Å². The van der Waals surface area contributed by atoms with Crippen LogP contribution in [-0.2, 0) is 14.8 Å². The van der Waals surface area contributed by atoms with Crippen LogP contribution in [-0.4, -0.2) is 32.0 Å². The van der Waals surface area contributed by atoms with Gasteiger partial charge in [0, 0.05) is 10.7 Å². The molecule has 2 rings (SSSR count). The smallest absolute Gasteiger partial charge is 0.322 e. The van der Waals surface area contributed by atoms with Gasteiger partial charge in [-0.25, -0.2) is 0 Å². The van der Waals surface area contributed by atoms with Crippen LogP contribution in [0.25, 0.3) is 0 Å². The summed E-state index contributed by atoms with van der Waals surface area (Å²) in [6, 6.07) is 14.0. The average molecular weight is 368 g/mol. The Kier molecular flexibility index (Phi) is 5.78. The molecule has 0 amide bonds. The van der Waals surface area contributed by atoms with Crippen LogP contribution in [0.1, 0.15) is 0 Å². The second-order valence-corrected chi connectivity index (χ2v) is 6.65. The van der Waals surface area contributed by atoms with Gasteiger partial charge < -0.3 is 15.7 Å². The fourth-order valence-electron chi connectivity index (χ4n) is 1.69. The molecule has 126 valence electrons. The highest BCUT2D eigenvalue weighted by molar-refractivity contribution is 7.90. The first-order valence-electron chi connectivity index (χ1n) is 6.75. The van der Waals surface area contributed by atoms with Crippen molar-refractivity contribution in [2.75, 3.05) is 11.9 Å². The number of carbonyl (C=O) groups is 1. The Morgan fingerprint density at radius 3 is 2.29 bits per heavy atom. The number of hydrogen-bond acceptors (Lipinski definition) is 3. The third-order valence-corrected chi connectivity index (χ3v) is 4.31. The summed E-state index contributed by atoms with van der Waals surface area (Å²) in [5, 5.41) is 14.4. The Labute approximate surface area is 144 Å². The van der Waals surface area contributed by atoms with Crippen molar-refractivity contribution in [3.05, 3.63) is 59.6 Å². The number of nitrogens with one attached hydrogen (secondary N) is 2. The molecule has 3 N–H and O–H groups in total. The van der Waals surface area contributed by atoms with E-state index >= 15 is 0 Å². The summed E-state index contributed by atoms with van der Waals surface area (Å²) in [7, 11) is -3.99. The molecule has 24 heavy (non-hydrogen) atoms. The predicted octanol–water partition coefficient (Wildman–Crippen LogP) is 2.17. The highest BCUT2D eigenvalue weighted by Gasteiger charge is 2.14. The molecule has 0 radical (unpaired) electrons. The third-order valence-electron chi connectivity index (χ3n) is 2.77. The van der Waals surface area contributed by atoms with Gasteiger partial charge in [0.2, 0.25) is 5.96 Å². The van der Waals surface area contributed by atoms with E-state index in [0.717, 1.165) is 0 Å². The second-order valence-electron chi connectivity index (χ2n) is 4.61. The van der Waals surface area contributed by atoms with Crippen LogP contribution in [0, 0.1) is 0 Å². The molecule has 9 heteroatoms. The number of benzene rings is 2. The standard InChI is InChI=1S/C15H14ClN3O4S/c16-11-6-8-12(9-7-11)18-15(17-10-14(20)21)19-24(22,23)13-4-2-1-3-5-13/h1-9H,10H2,(H,20,21)(H2,17,18,19). The Bertz CT molecular complexity index is 837. The third kappa shape index (κ3) is 5.25. The molecule has 2 aromatic rings. The summed E-state index contributed by atoms with van der Waals surface area (Å²) in [5.41, 5.74) is 0.499. The molecule has 2 aromatic carbocycles. The van der Waals surface area contributed by atoms with Crippen LogP contribution in [0.2, 0.25) is 5.02 Å². The molecular weight excluding hydrogens is 354 g/mol. The van der Waals surface area contributed by atoms with Crippen LogP contribution < -0.4 is 10.6 Å². The molecule has 0 spiro atoms. The number of aliphatic carboxylic acids is 1. The number of carboxylic acids is 1. The van der Waals surface area contributed by atoms with Crippen molar-refractivity contribution >= 4 is 39.2 Å². The van der Waals surface area contributed by atoms with E-state index in [-0.39, 0.29) is 10.9 Å². The Morgan fingerprint density at radius 1 is 1.08 bits per heavy atom. The average Bonchev–Trinajstić information content (AvgIpc) is 2.55. The number of hydrogen-bond donors (Lipinski definition) is 3. The van der Waals surface area contributed by atoms with E-state index in [4.69, 9.17) is 16.7 Å². The molecule has 0 aliphatic rings. The molecule has 0 aromatic heterocycles. The molecule has 0 fully saturated rings. The normalized spacial score (nSPS) is 11.8. The number of rotatable bonds is 5. The fourth-order valence-corrected chi connectivity index (χ4v) is 2.78. The van der Waals surface area contributed by atoms with Gasteiger partial charge in [-0.1, -0.05) is 29.8 Å². The van der Waals surface area contributed by atoms with E-state index in [0.29, 0.717) is 10.7 Å². The van der Waals surface area contributed by atoms with Gasteiger partial charge in [0.25, 0.3) is 10.0 Å². The summed E-state index contributed by atoms with van der Waals surface area (Å²) < 4.78 is 28.2. The Hall–Kier alpha value is -2.58. The van der Waals surface area contributed by atoms with Gasteiger partial charge >= 0.3 is 5.97 Å². The Balaban J connectivity index is 2.30. The molecule has 0 aliphatic carbocycles. The van der Waals surface area contributed by atoms with Crippen LogP contribution in [0.15, 0.2) is 63.9 Å². The number of halogens is 1. The maximum Gasteiger partial charge on any atom is 0.322 e. The van der Waals surface area contributed by atoms with Crippen LogP contribution in [0.4, 0.5) is 5.69 Å². The van der Waals surface area contributed by atoms with E-state index < -0.39 is 22.5 Å². The first-order chi connectivity index (χ1) is 11.4. The topological polar surface area (TPSA) is 108 Å². The zero-order chi connectivity index (χ0) is 17.6. The van der Waals surface area contributed by atoms with Crippen molar-refractivity contribution in [3.8, 4) is 0 Å². The highest BCUT2D eigenvalue weighted by Crippen LogP contribution is 2.15. The number of guanidine groups is 1. The molecule has 7 nitrogen and oxygen atoms in total. The molecule has 0 saturated carbocycles. The number of carboxylic acid groups (broad SMARTS) is 1. The van der Waals surface area contributed by atoms with Crippen LogP contribution in [0.3, 0.4) is 0 Å². The van der Waals surface area contributed by atoms with Gasteiger partial charge in [0.05, 0.1) is 4.90 Å². The molecular formula is C15H14ClN3O4S. The molecule has 0 bridgehead atoms. The van der Waals surface area contributed by atoms with E-state index in [2.05, 4.69) is 15.0 Å². The van der Waals surface area contributed by atoms with Crippen molar-refractivity contribution in [1.29, 1.82) is 0 Å². The zero-order valence-corrected chi connectivity index (χ0v) is 13.9. The fraction of sp³-hybridized carbons (Fsp3) is 0.0667. The van der Waals surface area contributed by atoms with Gasteiger partial charge in [-0.3, -0.25) is 4.79 Å². The first-order valence-corrected chi connectivity index (χ1v) is 8.57. The van der Waals surface area contributed by atoms with Gasteiger partial charge in [-0.2, -0.15) is 8.42 Å². The molecule has 0 saturated heterocycles. The minimum absolute atomic E-state index is 0.00229. The van der Waals surface area contributed by atoms with Crippen molar-refractivity contribution in [1.82, 2.24) is 5.32 Å². The van der Waals surface area contributed by atoms with Crippen molar-refractivity contribution < 1.29 is 18.3 Å². The lowest BCUT2D eigenvalue weighted by molar-refractivity contribution is -0.135. The lowest BCUT2D eigenvalue weighted by atomic mass is 10.3. The van der Waals surface area contributed by atoms with Crippen molar-refractivity contribution in [2.24, 2.45) is 4.40 Å². The second kappa shape index (κ2) is 7.80. The van der Waals surface area contributed by atoms with E-state index in [9.17, 15) is 13.2 Å². The molecule has 0 heterocycles. The summed E-state index contributed by atoms with van der Waals surface area (Å²) >= 11 is 5.79. The minimum atomic E-state index is -3.99. The number of anilines is 1. The van der Waals surface area contributed by atoms with Crippen molar-refractivity contribution in [3.63, 3.8) is 0 Å². The summed E-state index contributed by atoms with van der Waals surface area (Å²) in [4.78, 5) is 10.7. The van der Waals surface area contributed by atoms with Gasteiger partial charge in [-0.05, 0) is 36.4 Å². The van der Waals surface area contributed by atoms with Gasteiger partial charge in [0.15, 0.2) is 0 Å². The lowest BCUT2D eigenvalue weighted by Crippen LogP contribution is -2.35. The largest absolute Gasteiger partial charge is 0.480 e. The van der Waals surface area contributed by atoms with E-state index in [1.54, 1.807) is 42.5 Å². The maximum absolute atomic E-state index is 12.3. The summed E-state index contributed by atoms with van der Waals surface area (Å²) in [5.74, 6) is -1.36. The molecule has 0 atom stereocenters. The Morgan fingerprint density at radius 2 is 1.71 bits per heavy atom. The maximum atomic E-state index is 12.3. The number of nitrogens with zero attached hydrogens (tertiary/aromatic N) is 1. The predicted molar refractivity (Wildman–Crippen MR) is 91.8 cm³/mol. The first kappa shape index (κ1) is 17.8. The molecule has 0 unspecified atom stereocenters. The number of sulfonamides is 1.